The zero-order valence-corrected chi connectivity index (χ0v) is 16.2. The average molecular weight is 381 g/mol. The van der Waals surface area contributed by atoms with Crippen molar-refractivity contribution in [3.05, 3.63) is 76.9 Å². The van der Waals surface area contributed by atoms with Crippen LogP contribution in [0.1, 0.15) is 15.9 Å². The highest BCUT2D eigenvalue weighted by Gasteiger charge is 2.09. The number of nitrogens with zero attached hydrogens (tertiary/aromatic N) is 2. The van der Waals surface area contributed by atoms with Crippen molar-refractivity contribution in [1.29, 1.82) is 0 Å². The second-order valence-corrected chi connectivity index (χ2v) is 6.85. The van der Waals surface area contributed by atoms with E-state index in [1.165, 1.54) is 0 Å². The lowest BCUT2D eigenvalue weighted by Crippen LogP contribution is -2.13. The molecule has 0 radical (unpaired) electrons. The van der Waals surface area contributed by atoms with E-state index in [9.17, 15) is 4.79 Å². The number of pyridine rings is 1. The van der Waals surface area contributed by atoms with E-state index in [2.05, 4.69) is 15.6 Å². The molecule has 0 aliphatic carbocycles. The van der Waals surface area contributed by atoms with Gasteiger partial charge in [-0.05, 0) is 67.1 Å². The number of nitrogens with one attached hydrogen (secondary N) is 2. The minimum Gasteiger partial charge on any atom is -0.378 e. The van der Waals surface area contributed by atoms with E-state index in [0.29, 0.717) is 16.4 Å². The van der Waals surface area contributed by atoms with Crippen LogP contribution in [0.3, 0.4) is 0 Å². The normalized spacial score (nSPS) is 10.4. The molecule has 3 rings (SSSR count). The van der Waals surface area contributed by atoms with Crippen LogP contribution in [0.15, 0.2) is 60.8 Å². The molecule has 0 atom stereocenters. The minimum atomic E-state index is -0.213. The zero-order valence-electron chi connectivity index (χ0n) is 15.5. The maximum Gasteiger partial charge on any atom is 0.257 e. The van der Waals surface area contributed by atoms with E-state index in [1.54, 1.807) is 30.5 Å². The molecule has 138 valence electrons. The monoisotopic (exact) mass is 380 g/mol. The molecule has 5 nitrogen and oxygen atoms in total. The van der Waals surface area contributed by atoms with Crippen molar-refractivity contribution in [2.75, 3.05) is 29.6 Å². The molecule has 3 aromatic rings. The van der Waals surface area contributed by atoms with Crippen molar-refractivity contribution in [3.8, 4) is 0 Å². The molecule has 0 aliphatic rings. The molecule has 2 N–H and O–H groups in total. The Labute approximate surface area is 164 Å². The number of rotatable bonds is 5. The third kappa shape index (κ3) is 4.77. The van der Waals surface area contributed by atoms with Gasteiger partial charge in [0, 0.05) is 42.4 Å². The Morgan fingerprint density at radius 1 is 1.04 bits per heavy atom. The second-order valence-electron chi connectivity index (χ2n) is 6.41. The number of aromatic nitrogens is 1. The summed E-state index contributed by atoms with van der Waals surface area (Å²) in [4.78, 5) is 18.8. The predicted octanol–water partition coefficient (Wildman–Crippen LogP) is 5.11. The van der Waals surface area contributed by atoms with E-state index in [1.807, 2.05) is 56.3 Å². The van der Waals surface area contributed by atoms with Gasteiger partial charge in [0.2, 0.25) is 0 Å². The average Bonchev–Trinajstić information content (AvgIpc) is 2.65. The number of amides is 1. The highest BCUT2D eigenvalue weighted by molar-refractivity contribution is 6.30. The quantitative estimate of drug-likeness (QED) is 0.646. The maximum atomic E-state index is 12.4. The smallest absolute Gasteiger partial charge is 0.257 e. The molecule has 1 heterocycles. The molecule has 0 bridgehead atoms. The third-order valence-electron chi connectivity index (χ3n) is 4.12. The molecule has 0 saturated heterocycles. The number of carbonyl (C=O) groups excluding carboxylic acids is 1. The van der Waals surface area contributed by atoms with Crippen molar-refractivity contribution in [2.45, 2.75) is 6.92 Å². The van der Waals surface area contributed by atoms with Crippen LogP contribution in [0.25, 0.3) is 0 Å². The van der Waals surface area contributed by atoms with Crippen molar-refractivity contribution >= 4 is 40.4 Å². The Morgan fingerprint density at radius 3 is 2.37 bits per heavy atom. The first-order valence-corrected chi connectivity index (χ1v) is 8.88. The number of halogens is 1. The summed E-state index contributed by atoms with van der Waals surface area (Å²) >= 11 is 5.95. The first-order valence-electron chi connectivity index (χ1n) is 8.50. The molecule has 0 unspecified atom stereocenters. The van der Waals surface area contributed by atoms with E-state index in [-0.39, 0.29) is 5.91 Å². The lowest BCUT2D eigenvalue weighted by molar-refractivity contribution is 0.102. The minimum absolute atomic E-state index is 0.213. The topological polar surface area (TPSA) is 57.3 Å². The first kappa shape index (κ1) is 18.7. The van der Waals surface area contributed by atoms with Crippen molar-refractivity contribution in [2.24, 2.45) is 0 Å². The summed E-state index contributed by atoms with van der Waals surface area (Å²) in [6, 6.07) is 16.9. The van der Waals surface area contributed by atoms with Gasteiger partial charge in [0.25, 0.3) is 5.91 Å². The van der Waals surface area contributed by atoms with E-state index >= 15 is 0 Å². The standard InChI is InChI=1S/C21H21ClN4O/c1-14-12-16(22)5-10-19(14)25-21(27)15-4-11-20(23-13-15)24-17-6-8-18(9-7-17)26(2)3/h4-13H,1-3H3,(H,23,24)(H,25,27). The summed E-state index contributed by atoms with van der Waals surface area (Å²) in [7, 11) is 4.00. The molecule has 27 heavy (non-hydrogen) atoms. The van der Waals surface area contributed by atoms with E-state index in [4.69, 9.17) is 11.6 Å². The van der Waals surface area contributed by atoms with E-state index < -0.39 is 0 Å². The summed E-state index contributed by atoms with van der Waals surface area (Å²) in [6.45, 7) is 1.90. The fraction of sp³-hybridized carbons (Fsp3) is 0.143. The van der Waals surface area contributed by atoms with Crippen LogP contribution in [0, 0.1) is 6.92 Å². The lowest BCUT2D eigenvalue weighted by atomic mass is 10.2. The molecule has 1 aromatic heterocycles. The number of hydrogen-bond donors (Lipinski definition) is 2. The summed E-state index contributed by atoms with van der Waals surface area (Å²) in [5, 5.41) is 6.74. The Hall–Kier alpha value is -3.05. The van der Waals surface area contributed by atoms with Gasteiger partial charge in [-0.25, -0.2) is 4.98 Å². The van der Waals surface area contributed by atoms with Gasteiger partial charge in [-0.15, -0.1) is 0 Å². The molecule has 6 heteroatoms. The molecule has 0 aliphatic heterocycles. The third-order valence-corrected chi connectivity index (χ3v) is 4.35. The Morgan fingerprint density at radius 2 is 1.78 bits per heavy atom. The fourth-order valence-electron chi connectivity index (χ4n) is 2.55. The number of hydrogen-bond acceptors (Lipinski definition) is 4. The fourth-order valence-corrected chi connectivity index (χ4v) is 2.78. The first-order chi connectivity index (χ1) is 12.9. The van der Waals surface area contributed by atoms with Gasteiger partial charge in [-0.3, -0.25) is 4.79 Å². The van der Waals surface area contributed by atoms with Crippen molar-refractivity contribution < 1.29 is 4.79 Å². The van der Waals surface area contributed by atoms with Gasteiger partial charge in [0.15, 0.2) is 0 Å². The predicted molar refractivity (Wildman–Crippen MR) is 112 cm³/mol. The van der Waals surface area contributed by atoms with Crippen LogP contribution in [0.5, 0.6) is 0 Å². The molecule has 2 aromatic carbocycles. The van der Waals surface area contributed by atoms with Crippen molar-refractivity contribution in [1.82, 2.24) is 4.98 Å². The molecular formula is C21H21ClN4O. The second kappa shape index (κ2) is 8.10. The number of anilines is 4. The number of benzene rings is 2. The zero-order chi connectivity index (χ0) is 19.4. The maximum absolute atomic E-state index is 12.4. The number of carbonyl (C=O) groups is 1. The van der Waals surface area contributed by atoms with Crippen LogP contribution < -0.4 is 15.5 Å². The molecule has 1 amide bonds. The highest BCUT2D eigenvalue weighted by atomic mass is 35.5. The van der Waals surface area contributed by atoms with Gasteiger partial charge < -0.3 is 15.5 Å². The Kier molecular flexibility index (Phi) is 5.62. The van der Waals surface area contributed by atoms with Gasteiger partial charge in [0.1, 0.15) is 5.82 Å². The summed E-state index contributed by atoms with van der Waals surface area (Å²) in [5.74, 6) is 0.460. The summed E-state index contributed by atoms with van der Waals surface area (Å²) in [5.41, 5.74) is 4.17. The molecule has 0 spiro atoms. The molecule has 0 fully saturated rings. The Bertz CT molecular complexity index is 937. The highest BCUT2D eigenvalue weighted by Crippen LogP contribution is 2.21. The van der Waals surface area contributed by atoms with Crippen LogP contribution in [-0.2, 0) is 0 Å². The van der Waals surface area contributed by atoms with Crippen LogP contribution in [0.4, 0.5) is 22.9 Å². The molecular weight excluding hydrogens is 360 g/mol. The number of aryl methyl sites for hydroxylation is 1. The summed E-state index contributed by atoms with van der Waals surface area (Å²) < 4.78 is 0. The van der Waals surface area contributed by atoms with E-state index in [0.717, 1.165) is 22.6 Å². The van der Waals surface area contributed by atoms with Gasteiger partial charge in [-0.1, -0.05) is 11.6 Å². The van der Waals surface area contributed by atoms with Crippen LogP contribution in [-0.4, -0.2) is 25.0 Å². The SMILES string of the molecule is Cc1cc(Cl)ccc1NC(=O)c1ccc(Nc2ccc(N(C)C)cc2)nc1. The van der Waals surface area contributed by atoms with Gasteiger partial charge in [0.05, 0.1) is 5.56 Å². The van der Waals surface area contributed by atoms with Gasteiger partial charge in [-0.2, -0.15) is 0 Å². The van der Waals surface area contributed by atoms with Crippen LogP contribution in [0.2, 0.25) is 5.02 Å². The molecule has 0 saturated carbocycles. The Balaban J connectivity index is 1.66. The largest absolute Gasteiger partial charge is 0.378 e. The lowest BCUT2D eigenvalue weighted by Gasteiger charge is -2.13. The van der Waals surface area contributed by atoms with Gasteiger partial charge >= 0.3 is 0 Å². The summed E-state index contributed by atoms with van der Waals surface area (Å²) in [6.07, 6.45) is 1.55. The van der Waals surface area contributed by atoms with Crippen LogP contribution >= 0.6 is 11.6 Å². The van der Waals surface area contributed by atoms with Crippen molar-refractivity contribution in [3.63, 3.8) is 0 Å².